The maximum Gasteiger partial charge on any atom is 0.460 e. The molecule has 0 saturated carbocycles. The minimum Gasteiger partial charge on any atom is -0.205 e. The third-order valence-electron chi connectivity index (χ3n) is 3.24. The van der Waals surface area contributed by atoms with Crippen molar-refractivity contribution in [1.82, 2.24) is 0 Å². The Morgan fingerprint density at radius 3 is 1.13 bits per heavy atom. The minimum absolute atomic E-state index is 1.37. The van der Waals surface area contributed by atoms with Crippen LogP contribution < -0.4 is 0 Å². The molecule has 0 aliphatic rings. The highest BCUT2D eigenvalue weighted by Gasteiger charge is 2.83. The van der Waals surface area contributed by atoms with Gasteiger partial charge in [0.1, 0.15) is 0 Å². The molecule has 0 nitrogen and oxygen atoms in total. The van der Waals surface area contributed by atoms with Crippen LogP contribution in [0.4, 0.5) is 79.0 Å². The van der Waals surface area contributed by atoms with Gasteiger partial charge in [0, 0.05) is 6.08 Å². The summed E-state index contributed by atoms with van der Waals surface area (Å²) in [5, 5.41) is 0. The highest BCUT2D eigenvalue weighted by molar-refractivity contribution is 5.22. The summed E-state index contributed by atoms with van der Waals surface area (Å²) in [4.78, 5) is 0. The lowest BCUT2D eigenvalue weighted by atomic mass is 9.95. The normalized spacial score (nSPS) is 16.7. The van der Waals surface area contributed by atoms with Gasteiger partial charge < -0.3 is 0 Å². The fourth-order valence-corrected chi connectivity index (χ4v) is 1.41. The molecule has 178 valence electrons. The molecule has 0 radical (unpaired) electrons. The van der Waals surface area contributed by atoms with Crippen LogP contribution in [0.15, 0.2) is 24.6 Å². The van der Waals surface area contributed by atoms with Crippen molar-refractivity contribution >= 4 is 0 Å². The zero-order valence-corrected chi connectivity index (χ0v) is 13.2. The van der Waals surface area contributed by atoms with Gasteiger partial charge >= 0.3 is 47.6 Å². The second kappa shape index (κ2) is 7.13. The topological polar surface area (TPSA) is 0 Å². The Kier molecular flexibility index (Phi) is 6.71. The number of rotatable bonds is 8. The van der Waals surface area contributed by atoms with Crippen molar-refractivity contribution in [3.63, 3.8) is 0 Å². The second-order valence-electron chi connectivity index (χ2n) is 5.31. The molecule has 0 atom stereocenters. The van der Waals surface area contributed by atoms with Crippen molar-refractivity contribution in [2.45, 2.75) is 47.6 Å². The van der Waals surface area contributed by atoms with Crippen LogP contribution in [0.5, 0.6) is 0 Å². The Morgan fingerprint density at radius 1 is 0.500 bits per heavy atom. The summed E-state index contributed by atoms with van der Waals surface area (Å²) in [5.74, 6) is -56.7. The van der Waals surface area contributed by atoms with Crippen LogP contribution in [-0.4, -0.2) is 47.6 Å². The molecule has 30 heavy (non-hydrogen) atoms. The van der Waals surface area contributed by atoms with Gasteiger partial charge in [0.15, 0.2) is 5.83 Å². The van der Waals surface area contributed by atoms with E-state index in [9.17, 15) is 79.0 Å². The Bertz CT molecular complexity index is 678. The fraction of sp³-hybridized carbons (Fsp3) is 0.667. The van der Waals surface area contributed by atoms with Crippen molar-refractivity contribution in [3.8, 4) is 0 Å². The summed E-state index contributed by atoms with van der Waals surface area (Å²) >= 11 is 0. The molecule has 0 N–H and O–H groups in total. The first-order valence-electron chi connectivity index (χ1n) is 6.43. The molecule has 0 unspecified atom stereocenters. The molecule has 0 spiro atoms. The second-order valence-corrected chi connectivity index (χ2v) is 5.31. The predicted molar refractivity (Wildman–Crippen MR) is 60.1 cm³/mol. The van der Waals surface area contributed by atoms with E-state index in [0.29, 0.717) is 0 Å². The van der Waals surface area contributed by atoms with E-state index >= 15 is 0 Å². The molecule has 0 fully saturated rings. The lowest BCUT2D eigenvalue weighted by Crippen LogP contribution is -2.62. The summed E-state index contributed by atoms with van der Waals surface area (Å²) in [6.45, 7) is 1.86. The Balaban J connectivity index is 6.57. The highest BCUT2D eigenvalue weighted by atomic mass is 19.4. The standard InChI is InChI=1S/C12H4F18/c1-2-5(14,15)8(20,21)10(24,25)7(18,19)4(13)3-6(16,17)9(22,23)11(26,27)12(28,29)30/h2-3H,1H2/b4-3-. The summed E-state index contributed by atoms with van der Waals surface area (Å²) in [6, 6.07) is 0. The molecule has 0 amide bonds. The maximum atomic E-state index is 13.2. The third kappa shape index (κ3) is 3.80. The molecule has 18 heteroatoms. The Labute approximate surface area is 152 Å². The summed E-state index contributed by atoms with van der Waals surface area (Å²) < 4.78 is 229. The third-order valence-corrected chi connectivity index (χ3v) is 3.24. The van der Waals surface area contributed by atoms with Crippen LogP contribution in [0.2, 0.25) is 0 Å². The molecule has 0 aromatic rings. The van der Waals surface area contributed by atoms with E-state index < -0.39 is 65.6 Å². The van der Waals surface area contributed by atoms with Gasteiger partial charge in [0.05, 0.1) is 0 Å². The van der Waals surface area contributed by atoms with Crippen LogP contribution in [0, 0.1) is 0 Å². The van der Waals surface area contributed by atoms with E-state index in [1.165, 1.54) is 0 Å². The van der Waals surface area contributed by atoms with Gasteiger partial charge in [-0.25, -0.2) is 4.39 Å². The maximum absolute atomic E-state index is 13.2. The van der Waals surface area contributed by atoms with E-state index in [1.807, 2.05) is 6.58 Å². The van der Waals surface area contributed by atoms with E-state index in [2.05, 4.69) is 0 Å². The average Bonchev–Trinajstić information content (AvgIpc) is 2.52. The van der Waals surface area contributed by atoms with Crippen LogP contribution in [0.25, 0.3) is 0 Å². The molecule has 0 heterocycles. The van der Waals surface area contributed by atoms with E-state index in [4.69, 9.17) is 0 Å². The van der Waals surface area contributed by atoms with E-state index in [-0.39, 0.29) is 0 Å². The van der Waals surface area contributed by atoms with Gasteiger partial charge in [0.25, 0.3) is 0 Å². The monoisotopic (exact) mass is 490 g/mol. The molecule has 0 rings (SSSR count). The first-order chi connectivity index (χ1) is 12.7. The zero-order valence-electron chi connectivity index (χ0n) is 13.2. The van der Waals surface area contributed by atoms with Crippen LogP contribution in [0.1, 0.15) is 0 Å². The minimum atomic E-state index is -7.82. The summed E-state index contributed by atoms with van der Waals surface area (Å²) in [7, 11) is 0. The number of halogens is 18. The van der Waals surface area contributed by atoms with Crippen molar-refractivity contribution in [3.05, 3.63) is 24.6 Å². The molecule has 0 bridgehead atoms. The van der Waals surface area contributed by atoms with E-state index in [1.54, 1.807) is 0 Å². The SMILES string of the molecule is C=CC(F)(F)C(F)(F)C(F)(F)C(F)(F)/C(F)=C/C(F)(F)C(F)(F)C(F)(F)C(F)(F)F. The van der Waals surface area contributed by atoms with Crippen LogP contribution in [-0.2, 0) is 0 Å². The molecular weight excluding hydrogens is 486 g/mol. The lowest BCUT2D eigenvalue weighted by Gasteiger charge is -2.36. The molecular formula is C12H4F18. The zero-order chi connectivity index (χ0) is 25.0. The lowest BCUT2D eigenvalue weighted by molar-refractivity contribution is -0.388. The van der Waals surface area contributed by atoms with Crippen molar-refractivity contribution in [2.75, 3.05) is 0 Å². The van der Waals surface area contributed by atoms with Crippen molar-refractivity contribution in [2.24, 2.45) is 0 Å². The van der Waals surface area contributed by atoms with Gasteiger partial charge in [-0.2, -0.15) is 74.6 Å². The number of allylic oxidation sites excluding steroid dienone is 3. The van der Waals surface area contributed by atoms with E-state index in [0.717, 1.165) is 0 Å². The smallest absolute Gasteiger partial charge is 0.205 e. The Hall–Kier alpha value is -1.78. The Morgan fingerprint density at radius 2 is 0.833 bits per heavy atom. The van der Waals surface area contributed by atoms with Crippen LogP contribution in [0.3, 0.4) is 0 Å². The molecule has 0 aliphatic heterocycles. The largest absolute Gasteiger partial charge is 0.460 e. The highest BCUT2D eigenvalue weighted by Crippen LogP contribution is 2.57. The predicted octanol–water partition coefficient (Wildman–Crippen LogP) is 7.04. The average molecular weight is 490 g/mol. The first kappa shape index (κ1) is 28.2. The number of hydrogen-bond donors (Lipinski definition) is 0. The van der Waals surface area contributed by atoms with Gasteiger partial charge in [-0.05, 0) is 6.08 Å². The first-order valence-corrected chi connectivity index (χ1v) is 6.43. The molecule has 0 saturated heterocycles. The number of alkyl halides is 17. The van der Waals surface area contributed by atoms with Gasteiger partial charge in [-0.1, -0.05) is 6.58 Å². The van der Waals surface area contributed by atoms with Gasteiger partial charge in [-0.3, -0.25) is 0 Å². The van der Waals surface area contributed by atoms with Gasteiger partial charge in [-0.15, -0.1) is 0 Å². The molecule has 0 aliphatic carbocycles. The summed E-state index contributed by atoms with van der Waals surface area (Å²) in [5.41, 5.74) is 0. The molecule has 0 aromatic carbocycles. The fourth-order valence-electron chi connectivity index (χ4n) is 1.41. The van der Waals surface area contributed by atoms with Crippen LogP contribution >= 0.6 is 0 Å². The molecule has 0 aromatic heterocycles. The number of hydrogen-bond acceptors (Lipinski definition) is 0. The quantitative estimate of drug-likeness (QED) is 0.253. The van der Waals surface area contributed by atoms with Gasteiger partial charge in [0.2, 0.25) is 0 Å². The summed E-state index contributed by atoms with van der Waals surface area (Å²) in [6.07, 6.45) is -11.8. The van der Waals surface area contributed by atoms with Crippen molar-refractivity contribution < 1.29 is 79.0 Å². The van der Waals surface area contributed by atoms with Crippen molar-refractivity contribution in [1.29, 1.82) is 0 Å².